The lowest BCUT2D eigenvalue weighted by Gasteiger charge is -2.15. The summed E-state index contributed by atoms with van der Waals surface area (Å²) in [5.74, 6) is 0.928. The summed E-state index contributed by atoms with van der Waals surface area (Å²) in [5, 5.41) is 8.85. The van der Waals surface area contributed by atoms with Crippen molar-refractivity contribution in [3.8, 4) is 0 Å². The maximum atomic E-state index is 4.69. The third-order valence-electron chi connectivity index (χ3n) is 2.76. The predicted molar refractivity (Wildman–Crippen MR) is 65.5 cm³/mol. The minimum absolute atomic E-state index is 0.440. The fraction of sp³-hybridized carbons (Fsp3) is 0.462. The van der Waals surface area contributed by atoms with E-state index in [1.807, 2.05) is 0 Å². The molecule has 0 aromatic carbocycles. The van der Waals surface area contributed by atoms with Gasteiger partial charge in [-0.2, -0.15) is 10.2 Å². The summed E-state index contributed by atoms with van der Waals surface area (Å²) >= 11 is 0. The van der Waals surface area contributed by atoms with Crippen LogP contribution in [0.15, 0.2) is 18.5 Å². The molecule has 2 rings (SSSR count). The molecule has 2 aromatic heterocycles. The van der Waals surface area contributed by atoms with E-state index in [9.17, 15) is 0 Å². The molecule has 0 spiro atoms. The van der Waals surface area contributed by atoms with E-state index in [0.717, 1.165) is 10.9 Å². The Morgan fingerprint density at radius 1 is 0.938 bits per heavy atom. The van der Waals surface area contributed by atoms with Gasteiger partial charge in [-0.3, -0.25) is 4.98 Å². The van der Waals surface area contributed by atoms with Crippen LogP contribution in [0.1, 0.15) is 50.8 Å². The van der Waals surface area contributed by atoms with Gasteiger partial charge in [-0.25, -0.2) is 0 Å². The Morgan fingerprint density at radius 3 is 2.25 bits per heavy atom. The molecule has 3 heteroatoms. The Labute approximate surface area is 95.9 Å². The van der Waals surface area contributed by atoms with E-state index >= 15 is 0 Å². The lowest BCUT2D eigenvalue weighted by Crippen LogP contribution is -2.02. The summed E-state index contributed by atoms with van der Waals surface area (Å²) in [5.41, 5.74) is 3.43. The predicted octanol–water partition coefficient (Wildman–Crippen LogP) is 3.27. The average Bonchev–Trinajstić information content (AvgIpc) is 2.27. The molecule has 0 atom stereocenters. The van der Waals surface area contributed by atoms with Crippen molar-refractivity contribution in [1.29, 1.82) is 0 Å². The van der Waals surface area contributed by atoms with Gasteiger partial charge in [-0.15, -0.1) is 0 Å². The number of fused-ring (bicyclic) bond motifs is 1. The number of rotatable bonds is 2. The smallest absolute Gasteiger partial charge is 0.0923 e. The summed E-state index contributed by atoms with van der Waals surface area (Å²) < 4.78 is 0. The van der Waals surface area contributed by atoms with Crippen LogP contribution >= 0.6 is 0 Å². The first-order valence-electron chi connectivity index (χ1n) is 5.71. The highest BCUT2D eigenvalue weighted by atomic mass is 15.1. The second-order valence-corrected chi connectivity index (χ2v) is 4.74. The van der Waals surface area contributed by atoms with Gasteiger partial charge < -0.3 is 0 Å². The maximum Gasteiger partial charge on any atom is 0.0923 e. The van der Waals surface area contributed by atoms with Crippen molar-refractivity contribution in [2.24, 2.45) is 0 Å². The van der Waals surface area contributed by atoms with Crippen molar-refractivity contribution >= 4 is 10.9 Å². The Kier molecular flexibility index (Phi) is 2.86. The quantitative estimate of drug-likeness (QED) is 0.771. The van der Waals surface area contributed by atoms with Crippen LogP contribution in [0.2, 0.25) is 0 Å². The minimum Gasteiger partial charge on any atom is -0.251 e. The van der Waals surface area contributed by atoms with E-state index in [2.05, 4.69) is 44.0 Å². The van der Waals surface area contributed by atoms with Gasteiger partial charge in [-0.05, 0) is 23.5 Å². The first kappa shape index (κ1) is 11.0. The molecular weight excluding hydrogens is 198 g/mol. The maximum absolute atomic E-state index is 4.69. The molecule has 0 amide bonds. The number of aromatic nitrogens is 3. The molecule has 0 aliphatic rings. The molecule has 3 nitrogen and oxygen atoms in total. The first-order chi connectivity index (χ1) is 7.59. The van der Waals surface area contributed by atoms with Gasteiger partial charge in [0.2, 0.25) is 0 Å². The number of hydrogen-bond donors (Lipinski definition) is 0. The van der Waals surface area contributed by atoms with Gasteiger partial charge >= 0.3 is 0 Å². The standard InChI is InChI=1S/C13H17N3/c1-8(2)11-5-10-6-14-15-7-12(10)16-13(11)9(3)4/h5-9H,1-4H3. The van der Waals surface area contributed by atoms with Crippen LogP contribution in [-0.2, 0) is 0 Å². The topological polar surface area (TPSA) is 38.7 Å². The normalized spacial score (nSPS) is 11.6. The molecule has 0 aliphatic carbocycles. The summed E-state index contributed by atoms with van der Waals surface area (Å²) in [4.78, 5) is 4.69. The summed E-state index contributed by atoms with van der Waals surface area (Å²) in [6.07, 6.45) is 3.50. The first-order valence-corrected chi connectivity index (χ1v) is 5.71. The zero-order valence-electron chi connectivity index (χ0n) is 10.2. The summed E-state index contributed by atoms with van der Waals surface area (Å²) in [6.45, 7) is 8.75. The lowest BCUT2D eigenvalue weighted by atomic mass is 9.94. The molecule has 0 saturated heterocycles. The highest BCUT2D eigenvalue weighted by Gasteiger charge is 2.13. The van der Waals surface area contributed by atoms with Crippen molar-refractivity contribution in [1.82, 2.24) is 15.2 Å². The molecule has 0 bridgehead atoms. The van der Waals surface area contributed by atoms with Crippen molar-refractivity contribution in [2.45, 2.75) is 39.5 Å². The van der Waals surface area contributed by atoms with E-state index in [1.54, 1.807) is 12.4 Å². The third-order valence-corrected chi connectivity index (χ3v) is 2.76. The van der Waals surface area contributed by atoms with E-state index in [0.29, 0.717) is 11.8 Å². The molecule has 0 N–H and O–H groups in total. The van der Waals surface area contributed by atoms with Gasteiger partial charge in [0.05, 0.1) is 17.9 Å². The van der Waals surface area contributed by atoms with Crippen LogP contribution in [0.3, 0.4) is 0 Å². The van der Waals surface area contributed by atoms with Crippen LogP contribution in [0.25, 0.3) is 10.9 Å². The molecular formula is C13H17N3. The molecule has 2 aromatic rings. The minimum atomic E-state index is 0.440. The molecule has 0 unspecified atom stereocenters. The highest BCUT2D eigenvalue weighted by molar-refractivity contribution is 5.77. The molecule has 0 aliphatic heterocycles. The fourth-order valence-corrected chi connectivity index (χ4v) is 1.89. The second-order valence-electron chi connectivity index (χ2n) is 4.74. The Hall–Kier alpha value is -1.51. The van der Waals surface area contributed by atoms with E-state index in [1.165, 1.54) is 11.3 Å². The molecule has 0 fully saturated rings. The van der Waals surface area contributed by atoms with Crippen molar-refractivity contribution in [2.75, 3.05) is 0 Å². The fourth-order valence-electron chi connectivity index (χ4n) is 1.89. The Balaban J connectivity index is 2.71. The second kappa shape index (κ2) is 4.16. The largest absolute Gasteiger partial charge is 0.251 e. The van der Waals surface area contributed by atoms with Gasteiger partial charge in [-0.1, -0.05) is 27.7 Å². The highest BCUT2D eigenvalue weighted by Crippen LogP contribution is 2.27. The van der Waals surface area contributed by atoms with Crippen LogP contribution in [0.5, 0.6) is 0 Å². The lowest BCUT2D eigenvalue weighted by molar-refractivity contribution is 0.763. The van der Waals surface area contributed by atoms with Gasteiger partial charge in [0.15, 0.2) is 0 Å². The SMILES string of the molecule is CC(C)c1cc2cnncc2nc1C(C)C. The van der Waals surface area contributed by atoms with E-state index in [4.69, 9.17) is 4.98 Å². The number of nitrogens with zero attached hydrogens (tertiary/aromatic N) is 3. The Bertz CT molecular complexity index is 457. The zero-order chi connectivity index (χ0) is 11.7. The average molecular weight is 215 g/mol. The molecule has 2 heterocycles. The third kappa shape index (κ3) is 1.90. The molecule has 16 heavy (non-hydrogen) atoms. The van der Waals surface area contributed by atoms with Crippen LogP contribution in [0, 0.1) is 0 Å². The molecule has 84 valence electrons. The van der Waals surface area contributed by atoms with E-state index in [-0.39, 0.29) is 0 Å². The van der Waals surface area contributed by atoms with Crippen molar-refractivity contribution < 1.29 is 0 Å². The van der Waals surface area contributed by atoms with Crippen LogP contribution < -0.4 is 0 Å². The van der Waals surface area contributed by atoms with Crippen LogP contribution in [0.4, 0.5) is 0 Å². The van der Waals surface area contributed by atoms with Gasteiger partial charge in [0.1, 0.15) is 0 Å². The van der Waals surface area contributed by atoms with E-state index < -0.39 is 0 Å². The monoisotopic (exact) mass is 215 g/mol. The Morgan fingerprint density at radius 2 is 1.62 bits per heavy atom. The summed E-state index contributed by atoms with van der Waals surface area (Å²) in [6, 6.07) is 2.19. The number of hydrogen-bond acceptors (Lipinski definition) is 3. The zero-order valence-corrected chi connectivity index (χ0v) is 10.2. The molecule has 0 saturated carbocycles. The summed E-state index contributed by atoms with van der Waals surface area (Å²) in [7, 11) is 0. The van der Waals surface area contributed by atoms with Gasteiger partial charge in [0, 0.05) is 11.1 Å². The van der Waals surface area contributed by atoms with Gasteiger partial charge in [0.25, 0.3) is 0 Å². The number of pyridine rings is 1. The van der Waals surface area contributed by atoms with Crippen LogP contribution in [-0.4, -0.2) is 15.2 Å². The molecule has 0 radical (unpaired) electrons. The van der Waals surface area contributed by atoms with Crippen molar-refractivity contribution in [3.05, 3.63) is 29.7 Å². The van der Waals surface area contributed by atoms with Crippen molar-refractivity contribution in [3.63, 3.8) is 0 Å².